The molecule has 0 unspecified atom stereocenters. The van der Waals surface area contributed by atoms with Gasteiger partial charge in [-0.15, -0.1) is 6.58 Å². The van der Waals surface area contributed by atoms with Crippen LogP contribution < -0.4 is 20.2 Å². The summed E-state index contributed by atoms with van der Waals surface area (Å²) in [5.74, 6) is -0.0706. The van der Waals surface area contributed by atoms with Gasteiger partial charge in [0.05, 0.1) is 12.8 Å². The van der Waals surface area contributed by atoms with E-state index in [2.05, 4.69) is 22.4 Å². The van der Waals surface area contributed by atoms with E-state index in [1.54, 1.807) is 18.2 Å². The highest BCUT2D eigenvalue weighted by Gasteiger charge is 2.14. The third kappa shape index (κ3) is 8.74. The van der Waals surface area contributed by atoms with Crippen molar-refractivity contribution >= 4 is 35.3 Å². The molecule has 38 heavy (non-hydrogen) atoms. The van der Waals surface area contributed by atoms with E-state index in [-0.39, 0.29) is 25.4 Å². The van der Waals surface area contributed by atoms with E-state index in [9.17, 15) is 14.0 Å². The zero-order valence-corrected chi connectivity index (χ0v) is 21.8. The van der Waals surface area contributed by atoms with Gasteiger partial charge in [0.25, 0.3) is 0 Å². The van der Waals surface area contributed by atoms with Gasteiger partial charge < -0.3 is 14.8 Å². The lowest BCUT2D eigenvalue weighted by molar-refractivity contribution is -0.124. The van der Waals surface area contributed by atoms with Crippen LogP contribution in [0.15, 0.2) is 78.4 Å². The van der Waals surface area contributed by atoms with Crippen LogP contribution in [0.5, 0.6) is 11.5 Å². The lowest BCUT2D eigenvalue weighted by Gasteiger charge is -2.17. The van der Waals surface area contributed by atoms with E-state index in [4.69, 9.17) is 21.1 Å². The van der Waals surface area contributed by atoms with Crippen molar-refractivity contribution in [2.24, 2.45) is 5.10 Å². The fourth-order valence-corrected chi connectivity index (χ4v) is 3.67. The van der Waals surface area contributed by atoms with Crippen LogP contribution in [-0.4, -0.2) is 24.6 Å². The van der Waals surface area contributed by atoms with Crippen LogP contribution >= 0.6 is 11.6 Å². The Kier molecular flexibility index (Phi) is 10.9. The molecule has 0 spiro atoms. The SMILES string of the molecule is C=CCc1cc(C=NNC(=O)CCC(=O)Nc2ccc(F)cc2)cc(OCC)c1OCc1ccccc1Cl. The number of amides is 2. The van der Waals surface area contributed by atoms with Gasteiger partial charge in [-0.05, 0) is 61.4 Å². The predicted molar refractivity (Wildman–Crippen MR) is 147 cm³/mol. The first-order valence-electron chi connectivity index (χ1n) is 12.0. The lowest BCUT2D eigenvalue weighted by atomic mass is 10.1. The number of allylic oxidation sites excluding steroid dienone is 1. The van der Waals surface area contributed by atoms with Crippen molar-refractivity contribution < 1.29 is 23.5 Å². The average Bonchev–Trinajstić information content (AvgIpc) is 2.90. The van der Waals surface area contributed by atoms with Gasteiger partial charge in [-0.3, -0.25) is 9.59 Å². The molecule has 0 aromatic heterocycles. The molecular formula is C29H29ClFN3O4. The molecule has 2 N–H and O–H groups in total. The average molecular weight is 538 g/mol. The lowest BCUT2D eigenvalue weighted by Crippen LogP contribution is -2.20. The fraction of sp³-hybridized carbons (Fsp3) is 0.207. The number of carbonyl (C=O) groups excluding carboxylic acids is 2. The number of nitrogens with one attached hydrogen (secondary N) is 2. The molecule has 3 rings (SSSR count). The Morgan fingerprint density at radius 2 is 1.76 bits per heavy atom. The molecular weight excluding hydrogens is 509 g/mol. The van der Waals surface area contributed by atoms with Crippen LogP contribution in [0.25, 0.3) is 0 Å². The summed E-state index contributed by atoms with van der Waals surface area (Å²) in [5.41, 5.74) is 5.24. The summed E-state index contributed by atoms with van der Waals surface area (Å²) in [6.07, 6.45) is 3.66. The van der Waals surface area contributed by atoms with Gasteiger partial charge in [0.2, 0.25) is 11.8 Å². The molecule has 0 bridgehead atoms. The first kappa shape index (κ1) is 28.4. The number of hydrogen-bond acceptors (Lipinski definition) is 5. The summed E-state index contributed by atoms with van der Waals surface area (Å²) in [6.45, 7) is 6.39. The van der Waals surface area contributed by atoms with Gasteiger partial charge in [-0.2, -0.15) is 5.10 Å². The summed E-state index contributed by atoms with van der Waals surface area (Å²) >= 11 is 6.27. The summed E-state index contributed by atoms with van der Waals surface area (Å²) in [6, 6.07) is 16.5. The number of ether oxygens (including phenoxy) is 2. The smallest absolute Gasteiger partial charge is 0.240 e. The summed E-state index contributed by atoms with van der Waals surface area (Å²) in [7, 11) is 0. The van der Waals surface area contributed by atoms with Crippen LogP contribution in [0.4, 0.5) is 10.1 Å². The van der Waals surface area contributed by atoms with Crippen LogP contribution in [0.1, 0.15) is 36.5 Å². The number of hydrogen-bond donors (Lipinski definition) is 2. The summed E-state index contributed by atoms with van der Waals surface area (Å²) in [4.78, 5) is 24.2. The second-order valence-corrected chi connectivity index (χ2v) is 8.57. The molecule has 0 fully saturated rings. The summed E-state index contributed by atoms with van der Waals surface area (Å²) in [5, 5.41) is 7.23. The molecule has 0 saturated heterocycles. The highest BCUT2D eigenvalue weighted by atomic mass is 35.5. The second-order valence-electron chi connectivity index (χ2n) is 8.16. The zero-order chi connectivity index (χ0) is 27.3. The van der Waals surface area contributed by atoms with Crippen molar-refractivity contribution in [1.29, 1.82) is 0 Å². The number of hydrazone groups is 1. The van der Waals surface area contributed by atoms with E-state index < -0.39 is 11.7 Å². The van der Waals surface area contributed by atoms with E-state index in [0.717, 1.165) is 11.1 Å². The molecule has 7 nitrogen and oxygen atoms in total. The van der Waals surface area contributed by atoms with Gasteiger partial charge in [0.15, 0.2) is 11.5 Å². The molecule has 3 aromatic carbocycles. The largest absolute Gasteiger partial charge is 0.490 e. The van der Waals surface area contributed by atoms with Gasteiger partial charge >= 0.3 is 0 Å². The Morgan fingerprint density at radius 1 is 1.03 bits per heavy atom. The van der Waals surface area contributed by atoms with Gasteiger partial charge in [-0.25, -0.2) is 9.82 Å². The van der Waals surface area contributed by atoms with Crippen molar-refractivity contribution in [3.8, 4) is 11.5 Å². The molecule has 0 saturated carbocycles. The first-order chi connectivity index (χ1) is 18.4. The zero-order valence-electron chi connectivity index (χ0n) is 21.0. The highest BCUT2D eigenvalue weighted by Crippen LogP contribution is 2.34. The molecule has 0 aliphatic rings. The number of anilines is 1. The Bertz CT molecular complexity index is 1300. The Balaban J connectivity index is 1.62. The van der Waals surface area contributed by atoms with E-state index in [0.29, 0.717) is 40.8 Å². The van der Waals surface area contributed by atoms with E-state index in [1.165, 1.54) is 30.5 Å². The van der Waals surface area contributed by atoms with Crippen molar-refractivity contribution in [1.82, 2.24) is 5.43 Å². The quantitative estimate of drug-likeness (QED) is 0.158. The third-order valence-corrected chi connectivity index (χ3v) is 5.63. The van der Waals surface area contributed by atoms with Crippen LogP contribution in [0, 0.1) is 5.82 Å². The van der Waals surface area contributed by atoms with Crippen LogP contribution in [-0.2, 0) is 22.6 Å². The van der Waals surface area contributed by atoms with Crippen molar-refractivity contribution in [2.45, 2.75) is 32.8 Å². The van der Waals surface area contributed by atoms with Crippen molar-refractivity contribution in [2.75, 3.05) is 11.9 Å². The Labute approximate surface area is 226 Å². The van der Waals surface area contributed by atoms with Gasteiger partial charge in [0.1, 0.15) is 12.4 Å². The van der Waals surface area contributed by atoms with Gasteiger partial charge in [0, 0.05) is 34.7 Å². The van der Waals surface area contributed by atoms with Crippen LogP contribution in [0.2, 0.25) is 5.02 Å². The first-order valence-corrected chi connectivity index (χ1v) is 12.4. The molecule has 0 radical (unpaired) electrons. The molecule has 198 valence electrons. The monoisotopic (exact) mass is 537 g/mol. The minimum Gasteiger partial charge on any atom is -0.490 e. The number of benzene rings is 3. The predicted octanol–water partition coefficient (Wildman–Crippen LogP) is 6.05. The Hall–Kier alpha value is -4.17. The molecule has 0 aliphatic heterocycles. The number of nitrogens with zero attached hydrogens (tertiary/aromatic N) is 1. The van der Waals surface area contributed by atoms with Gasteiger partial charge in [-0.1, -0.05) is 35.9 Å². The molecule has 0 heterocycles. The second kappa shape index (κ2) is 14.5. The normalized spacial score (nSPS) is 10.7. The maximum Gasteiger partial charge on any atom is 0.240 e. The van der Waals surface area contributed by atoms with Crippen LogP contribution in [0.3, 0.4) is 0 Å². The number of halogens is 2. The maximum atomic E-state index is 13.0. The molecule has 3 aromatic rings. The fourth-order valence-electron chi connectivity index (χ4n) is 3.48. The maximum absolute atomic E-state index is 13.0. The number of rotatable bonds is 13. The minimum atomic E-state index is -0.424. The molecule has 0 atom stereocenters. The molecule has 9 heteroatoms. The standard InChI is InChI=1S/C29H29ClFN3O4/c1-3-7-21-16-20(17-26(37-4-2)29(21)38-19-22-8-5-6-9-25(22)30)18-32-34-28(36)15-14-27(35)33-24-12-10-23(31)11-13-24/h3,5-6,8-13,16-18H,1,4,7,14-15,19H2,2H3,(H,33,35)(H,34,36). The molecule has 0 aliphatic carbocycles. The third-order valence-electron chi connectivity index (χ3n) is 5.26. The molecule has 2 amide bonds. The van der Waals surface area contributed by atoms with E-state index >= 15 is 0 Å². The van der Waals surface area contributed by atoms with Crippen molar-refractivity contribution in [3.63, 3.8) is 0 Å². The highest BCUT2D eigenvalue weighted by molar-refractivity contribution is 6.31. The number of carbonyl (C=O) groups is 2. The topological polar surface area (TPSA) is 89.0 Å². The minimum absolute atomic E-state index is 0.0475. The van der Waals surface area contributed by atoms with E-state index in [1.807, 2.05) is 31.2 Å². The Morgan fingerprint density at radius 3 is 2.47 bits per heavy atom. The summed E-state index contributed by atoms with van der Waals surface area (Å²) < 4.78 is 24.9. The van der Waals surface area contributed by atoms with Crippen molar-refractivity contribution in [3.05, 3.63) is 101 Å².